The predicted molar refractivity (Wildman–Crippen MR) is 97.2 cm³/mol. The predicted octanol–water partition coefficient (Wildman–Crippen LogP) is 3.66. The molecule has 0 aromatic heterocycles. The standard InChI is InChI=1S/C20H22N2O3/c1-11-7-15-16(8-12(11)2)22-18-13(9-21-15)10-25-19-14(18)3-4-17-20(19)24-6-5-23-17/h3-4,7-8,13,18,21-22H,5-6,9-10H2,1-2H3/t13-,18-/m0/s1. The van der Waals surface area contributed by atoms with Crippen molar-refractivity contribution >= 4 is 11.4 Å². The Bertz CT molecular complexity index is 849. The second-order valence-electron chi connectivity index (χ2n) is 7.06. The van der Waals surface area contributed by atoms with Crippen molar-refractivity contribution in [2.75, 3.05) is 37.0 Å². The largest absolute Gasteiger partial charge is 0.489 e. The van der Waals surface area contributed by atoms with Gasteiger partial charge in [0.1, 0.15) is 13.2 Å². The normalized spacial score (nSPS) is 23.0. The van der Waals surface area contributed by atoms with E-state index in [0.29, 0.717) is 25.7 Å². The van der Waals surface area contributed by atoms with E-state index in [4.69, 9.17) is 14.2 Å². The molecule has 2 aromatic carbocycles. The van der Waals surface area contributed by atoms with Crippen LogP contribution in [-0.2, 0) is 0 Å². The van der Waals surface area contributed by atoms with E-state index in [-0.39, 0.29) is 6.04 Å². The number of fused-ring (bicyclic) bond motifs is 6. The minimum atomic E-state index is 0.190. The zero-order valence-corrected chi connectivity index (χ0v) is 14.5. The number of ether oxygens (including phenoxy) is 3. The fourth-order valence-electron chi connectivity index (χ4n) is 3.90. The van der Waals surface area contributed by atoms with Crippen molar-refractivity contribution in [1.29, 1.82) is 0 Å². The Balaban J connectivity index is 1.59. The number of hydrogen-bond acceptors (Lipinski definition) is 5. The van der Waals surface area contributed by atoms with Gasteiger partial charge in [-0.1, -0.05) is 0 Å². The molecule has 3 aliphatic rings. The van der Waals surface area contributed by atoms with Crippen LogP contribution in [0.2, 0.25) is 0 Å². The Hall–Kier alpha value is -2.56. The Labute approximate surface area is 147 Å². The lowest BCUT2D eigenvalue weighted by Gasteiger charge is -2.35. The van der Waals surface area contributed by atoms with Crippen molar-refractivity contribution < 1.29 is 14.2 Å². The van der Waals surface area contributed by atoms with Crippen LogP contribution in [0.15, 0.2) is 24.3 Å². The van der Waals surface area contributed by atoms with Crippen LogP contribution in [-0.4, -0.2) is 26.4 Å². The topological polar surface area (TPSA) is 51.8 Å². The molecule has 0 fully saturated rings. The quantitative estimate of drug-likeness (QED) is 0.768. The highest BCUT2D eigenvalue weighted by Gasteiger charge is 2.36. The molecule has 0 bridgehead atoms. The highest BCUT2D eigenvalue weighted by molar-refractivity contribution is 5.73. The lowest BCUT2D eigenvalue weighted by molar-refractivity contribution is 0.148. The van der Waals surface area contributed by atoms with Crippen LogP contribution in [0.5, 0.6) is 17.2 Å². The van der Waals surface area contributed by atoms with Crippen molar-refractivity contribution in [1.82, 2.24) is 0 Å². The second kappa shape index (κ2) is 5.48. The van der Waals surface area contributed by atoms with E-state index in [1.54, 1.807) is 0 Å². The third kappa shape index (κ3) is 2.29. The van der Waals surface area contributed by atoms with Gasteiger partial charge in [-0.2, -0.15) is 0 Å². The van der Waals surface area contributed by atoms with Gasteiger partial charge in [0.2, 0.25) is 5.75 Å². The van der Waals surface area contributed by atoms with Gasteiger partial charge >= 0.3 is 0 Å². The minimum Gasteiger partial charge on any atom is -0.489 e. The maximum Gasteiger partial charge on any atom is 0.204 e. The summed E-state index contributed by atoms with van der Waals surface area (Å²) in [6.07, 6.45) is 0. The van der Waals surface area contributed by atoms with Crippen molar-refractivity contribution in [3.05, 3.63) is 41.0 Å². The van der Waals surface area contributed by atoms with E-state index >= 15 is 0 Å². The summed E-state index contributed by atoms with van der Waals surface area (Å²) < 4.78 is 17.6. The summed E-state index contributed by atoms with van der Waals surface area (Å²) in [4.78, 5) is 0. The molecule has 0 spiro atoms. The smallest absolute Gasteiger partial charge is 0.204 e. The second-order valence-corrected chi connectivity index (χ2v) is 7.06. The SMILES string of the molecule is Cc1cc2c(cc1C)N[C@@H]1c3ccc4c(c3OC[C@@H]1CN2)OCCO4. The van der Waals surface area contributed by atoms with E-state index in [0.717, 1.165) is 40.7 Å². The number of aryl methyl sites for hydroxylation is 2. The number of anilines is 2. The molecular weight excluding hydrogens is 316 g/mol. The molecule has 5 nitrogen and oxygen atoms in total. The Morgan fingerprint density at radius 2 is 1.72 bits per heavy atom. The lowest BCUT2D eigenvalue weighted by Crippen LogP contribution is -2.34. The minimum absolute atomic E-state index is 0.190. The number of hydrogen-bond donors (Lipinski definition) is 2. The molecule has 2 N–H and O–H groups in total. The molecule has 0 aliphatic carbocycles. The van der Waals surface area contributed by atoms with Crippen LogP contribution in [0.1, 0.15) is 22.7 Å². The van der Waals surface area contributed by atoms with Gasteiger partial charge in [0.25, 0.3) is 0 Å². The monoisotopic (exact) mass is 338 g/mol. The van der Waals surface area contributed by atoms with Gasteiger partial charge in [-0.15, -0.1) is 0 Å². The number of nitrogens with one attached hydrogen (secondary N) is 2. The molecule has 0 radical (unpaired) electrons. The summed E-state index contributed by atoms with van der Waals surface area (Å²) in [7, 11) is 0. The van der Waals surface area contributed by atoms with Crippen molar-refractivity contribution in [2.45, 2.75) is 19.9 Å². The van der Waals surface area contributed by atoms with Gasteiger partial charge in [-0.25, -0.2) is 0 Å². The lowest BCUT2D eigenvalue weighted by atomic mass is 9.90. The van der Waals surface area contributed by atoms with Crippen LogP contribution in [0.4, 0.5) is 11.4 Å². The molecule has 3 aliphatic heterocycles. The summed E-state index contributed by atoms with van der Waals surface area (Å²) in [6.45, 7) is 6.99. The first kappa shape index (κ1) is 14.8. The Morgan fingerprint density at radius 3 is 2.60 bits per heavy atom. The Kier molecular flexibility index (Phi) is 3.23. The van der Waals surface area contributed by atoms with Crippen LogP contribution >= 0.6 is 0 Å². The molecule has 25 heavy (non-hydrogen) atoms. The van der Waals surface area contributed by atoms with E-state index < -0.39 is 0 Å². The maximum atomic E-state index is 6.11. The number of benzene rings is 2. The third-order valence-corrected chi connectivity index (χ3v) is 5.44. The molecule has 2 aromatic rings. The molecule has 5 heteroatoms. The molecule has 0 saturated carbocycles. The van der Waals surface area contributed by atoms with Gasteiger partial charge in [-0.05, 0) is 49.2 Å². The Morgan fingerprint density at radius 1 is 0.920 bits per heavy atom. The molecule has 0 unspecified atom stereocenters. The molecule has 130 valence electrons. The molecule has 3 heterocycles. The zero-order valence-electron chi connectivity index (χ0n) is 14.5. The van der Waals surface area contributed by atoms with Gasteiger partial charge in [0, 0.05) is 18.0 Å². The molecule has 2 atom stereocenters. The highest BCUT2D eigenvalue weighted by Crippen LogP contribution is 2.49. The number of rotatable bonds is 0. The first-order valence-electron chi connectivity index (χ1n) is 8.87. The van der Waals surface area contributed by atoms with Crippen LogP contribution in [0.3, 0.4) is 0 Å². The van der Waals surface area contributed by atoms with Gasteiger partial charge < -0.3 is 24.8 Å². The van der Waals surface area contributed by atoms with Gasteiger partial charge in [0.05, 0.1) is 24.0 Å². The summed E-state index contributed by atoms with van der Waals surface area (Å²) in [5.74, 6) is 2.71. The highest BCUT2D eigenvalue weighted by atomic mass is 16.6. The molecule has 5 rings (SSSR count). The van der Waals surface area contributed by atoms with Gasteiger partial charge in [0.15, 0.2) is 11.5 Å². The van der Waals surface area contributed by atoms with E-state index in [9.17, 15) is 0 Å². The van der Waals surface area contributed by atoms with Crippen molar-refractivity contribution in [2.24, 2.45) is 5.92 Å². The zero-order chi connectivity index (χ0) is 17.0. The molecule has 0 amide bonds. The fourth-order valence-corrected chi connectivity index (χ4v) is 3.90. The molecular formula is C20H22N2O3. The third-order valence-electron chi connectivity index (χ3n) is 5.44. The first-order chi connectivity index (χ1) is 12.2. The van der Waals surface area contributed by atoms with E-state index in [2.05, 4.69) is 42.7 Å². The van der Waals surface area contributed by atoms with Crippen molar-refractivity contribution in [3.63, 3.8) is 0 Å². The summed E-state index contributed by atoms with van der Waals surface area (Å²) in [6, 6.07) is 8.75. The van der Waals surface area contributed by atoms with Crippen LogP contribution in [0, 0.1) is 19.8 Å². The average molecular weight is 338 g/mol. The molecule has 0 saturated heterocycles. The fraction of sp³-hybridized carbons (Fsp3) is 0.400. The first-order valence-corrected chi connectivity index (χ1v) is 8.87. The van der Waals surface area contributed by atoms with E-state index in [1.807, 2.05) is 6.07 Å². The summed E-state index contributed by atoms with van der Waals surface area (Å²) in [5.41, 5.74) is 6.05. The van der Waals surface area contributed by atoms with Crippen molar-refractivity contribution in [3.8, 4) is 17.2 Å². The van der Waals surface area contributed by atoms with Crippen LogP contribution in [0.25, 0.3) is 0 Å². The van der Waals surface area contributed by atoms with Crippen LogP contribution < -0.4 is 24.8 Å². The summed E-state index contributed by atoms with van der Waals surface area (Å²) in [5, 5.41) is 7.34. The average Bonchev–Trinajstić information content (AvgIpc) is 2.81. The summed E-state index contributed by atoms with van der Waals surface area (Å²) >= 11 is 0. The van der Waals surface area contributed by atoms with E-state index in [1.165, 1.54) is 11.1 Å². The van der Waals surface area contributed by atoms with Gasteiger partial charge in [-0.3, -0.25) is 0 Å². The maximum absolute atomic E-state index is 6.11.